The average Bonchev–Trinajstić information content (AvgIpc) is 3.75. The molecule has 0 saturated heterocycles. The zero-order chi connectivity index (χ0) is 33.5. The van der Waals surface area contributed by atoms with Gasteiger partial charge in [0.15, 0.2) is 5.84 Å². The van der Waals surface area contributed by atoms with E-state index in [1.54, 1.807) is 0 Å². The summed E-state index contributed by atoms with van der Waals surface area (Å²) in [6.45, 7) is 0. The second kappa shape index (κ2) is 11.1. The van der Waals surface area contributed by atoms with Crippen LogP contribution in [0, 0.1) is 0 Å². The molecule has 0 fully saturated rings. The topological polar surface area (TPSA) is 36.8 Å². The van der Waals surface area contributed by atoms with Gasteiger partial charge in [-0.2, -0.15) is 0 Å². The van der Waals surface area contributed by atoms with Gasteiger partial charge < -0.3 is 5.32 Å². The van der Waals surface area contributed by atoms with Gasteiger partial charge in [-0.05, 0) is 55.4 Å². The highest BCUT2D eigenvalue weighted by Crippen LogP contribution is 2.53. The minimum absolute atomic E-state index is 0.319. The smallest absolute Gasteiger partial charge is 0.159 e. The summed E-state index contributed by atoms with van der Waals surface area (Å²) in [7, 11) is 0. The van der Waals surface area contributed by atoms with Crippen LogP contribution in [0.2, 0.25) is 0 Å². The molecule has 2 heterocycles. The van der Waals surface area contributed by atoms with Crippen LogP contribution < -0.4 is 5.32 Å². The first kappa shape index (κ1) is 28.5. The van der Waals surface area contributed by atoms with Crippen LogP contribution in [0.25, 0.3) is 75.1 Å². The number of nitrogens with one attached hydrogen (secondary N) is 1. The Labute approximate surface area is 298 Å². The standard InChI is InChI=1S/C47H29N3S/c1-2-11-31(12-3-1)45-48-46(32-24-22-29(23-25-32)34-17-6-13-28-10-4-5-16-33(28)34)50-47(49-45)39-20-9-21-40-42(39)38-27-26-36-35-18-7-14-30-15-8-19-37(41(30)35)43(36)44(38)51-40/h1-27,47H,(H,48,49,50). The minimum Gasteiger partial charge on any atom is -0.344 e. The van der Waals surface area contributed by atoms with E-state index in [0.717, 1.165) is 28.4 Å². The molecule has 0 radical (unpaired) electrons. The molecular weight excluding hydrogens is 639 g/mol. The molecule has 2 aliphatic rings. The van der Waals surface area contributed by atoms with Crippen LogP contribution in [-0.2, 0) is 0 Å². The fourth-order valence-electron chi connectivity index (χ4n) is 8.17. The van der Waals surface area contributed by atoms with Crippen molar-refractivity contribution in [2.75, 3.05) is 0 Å². The number of thiophene rings is 1. The van der Waals surface area contributed by atoms with Crippen LogP contribution in [0.4, 0.5) is 0 Å². The third-order valence-corrected chi connectivity index (χ3v) is 11.7. The van der Waals surface area contributed by atoms with E-state index in [1.165, 1.54) is 75.1 Å². The van der Waals surface area contributed by atoms with Gasteiger partial charge in [-0.3, -0.25) is 0 Å². The zero-order valence-corrected chi connectivity index (χ0v) is 28.3. The Balaban J connectivity index is 1.06. The Morgan fingerprint density at radius 2 is 1.18 bits per heavy atom. The number of hydrogen-bond donors (Lipinski definition) is 1. The van der Waals surface area contributed by atoms with Gasteiger partial charge in [0.2, 0.25) is 0 Å². The van der Waals surface area contributed by atoms with Crippen molar-refractivity contribution in [2.45, 2.75) is 6.17 Å². The fraction of sp³-hybridized carbons (Fsp3) is 0.0213. The molecule has 0 spiro atoms. The van der Waals surface area contributed by atoms with Crippen LogP contribution in [0.3, 0.4) is 0 Å². The molecule has 51 heavy (non-hydrogen) atoms. The van der Waals surface area contributed by atoms with Crippen LogP contribution in [0.15, 0.2) is 174 Å². The molecule has 11 rings (SSSR count). The van der Waals surface area contributed by atoms with Crippen LogP contribution in [0.5, 0.6) is 0 Å². The highest BCUT2D eigenvalue weighted by atomic mass is 32.1. The largest absolute Gasteiger partial charge is 0.344 e. The molecule has 0 amide bonds. The lowest BCUT2D eigenvalue weighted by molar-refractivity contribution is 0.680. The molecule has 9 aromatic rings. The maximum Gasteiger partial charge on any atom is 0.159 e. The molecule has 1 unspecified atom stereocenters. The normalized spacial score (nSPS) is 14.9. The predicted molar refractivity (Wildman–Crippen MR) is 216 cm³/mol. The van der Waals surface area contributed by atoms with Gasteiger partial charge in [0.25, 0.3) is 0 Å². The van der Waals surface area contributed by atoms with Gasteiger partial charge in [0.05, 0.1) is 0 Å². The SMILES string of the molecule is c1ccc(C2=NC(c3ccc(-c4cccc5ccccc45)cc3)=NC(c3cccc4sc5c6c(ccc5c34)-c3cccc4cccc-6c34)N2)cc1. The number of hydrogen-bond acceptors (Lipinski definition) is 4. The summed E-state index contributed by atoms with van der Waals surface area (Å²) in [4.78, 5) is 10.5. The zero-order valence-electron chi connectivity index (χ0n) is 27.5. The second-order valence-electron chi connectivity index (χ2n) is 13.3. The Morgan fingerprint density at radius 1 is 0.471 bits per heavy atom. The summed E-state index contributed by atoms with van der Waals surface area (Å²) < 4.78 is 2.60. The van der Waals surface area contributed by atoms with Crippen molar-refractivity contribution in [2.24, 2.45) is 9.98 Å². The van der Waals surface area contributed by atoms with E-state index in [-0.39, 0.29) is 6.17 Å². The summed E-state index contributed by atoms with van der Waals surface area (Å²) in [6, 6.07) is 58.8. The monoisotopic (exact) mass is 667 g/mol. The maximum absolute atomic E-state index is 5.35. The van der Waals surface area contributed by atoms with E-state index in [4.69, 9.17) is 9.98 Å². The van der Waals surface area contributed by atoms with Crippen molar-refractivity contribution in [3.8, 4) is 33.4 Å². The lowest BCUT2D eigenvalue weighted by atomic mass is 9.97. The average molecular weight is 668 g/mol. The van der Waals surface area contributed by atoms with Gasteiger partial charge in [-0.25, -0.2) is 9.98 Å². The molecule has 1 aromatic heterocycles. The highest BCUT2D eigenvalue weighted by molar-refractivity contribution is 7.26. The molecule has 1 aliphatic heterocycles. The van der Waals surface area contributed by atoms with Crippen LogP contribution >= 0.6 is 11.3 Å². The Morgan fingerprint density at radius 3 is 2.04 bits per heavy atom. The molecule has 1 atom stereocenters. The molecule has 0 saturated carbocycles. The summed E-state index contributed by atoms with van der Waals surface area (Å²) in [5.41, 5.74) is 10.9. The molecule has 1 N–H and O–H groups in total. The van der Waals surface area contributed by atoms with Crippen LogP contribution in [0.1, 0.15) is 22.9 Å². The number of rotatable bonds is 4. The quantitative estimate of drug-likeness (QED) is 0.199. The third-order valence-electron chi connectivity index (χ3n) is 10.5. The van der Waals surface area contributed by atoms with Gasteiger partial charge in [0, 0.05) is 42.4 Å². The summed E-state index contributed by atoms with van der Waals surface area (Å²) in [5.74, 6) is 1.55. The number of aliphatic imine (C=N–C) groups is 2. The van der Waals surface area contributed by atoms with E-state index in [2.05, 4.69) is 163 Å². The van der Waals surface area contributed by atoms with E-state index < -0.39 is 0 Å². The molecule has 1 aliphatic carbocycles. The lowest BCUT2D eigenvalue weighted by Gasteiger charge is -2.24. The van der Waals surface area contributed by atoms with Crippen molar-refractivity contribution in [3.05, 3.63) is 180 Å². The number of fused-ring (bicyclic) bond motifs is 8. The molecule has 238 valence electrons. The molecule has 8 aromatic carbocycles. The number of benzene rings is 8. The first-order valence-electron chi connectivity index (χ1n) is 17.4. The van der Waals surface area contributed by atoms with Crippen molar-refractivity contribution >= 4 is 64.7 Å². The summed E-state index contributed by atoms with van der Waals surface area (Å²) >= 11 is 1.89. The first-order chi connectivity index (χ1) is 25.3. The predicted octanol–water partition coefficient (Wildman–Crippen LogP) is 12.2. The second-order valence-corrected chi connectivity index (χ2v) is 14.4. The van der Waals surface area contributed by atoms with Crippen molar-refractivity contribution < 1.29 is 0 Å². The number of amidine groups is 2. The van der Waals surface area contributed by atoms with Crippen molar-refractivity contribution in [1.29, 1.82) is 0 Å². The van der Waals surface area contributed by atoms with E-state index in [1.807, 2.05) is 17.4 Å². The van der Waals surface area contributed by atoms with Crippen molar-refractivity contribution in [3.63, 3.8) is 0 Å². The maximum atomic E-state index is 5.35. The van der Waals surface area contributed by atoms with Crippen LogP contribution in [-0.4, -0.2) is 11.7 Å². The summed E-state index contributed by atoms with van der Waals surface area (Å²) in [6.07, 6.45) is -0.319. The molecular formula is C47H29N3S. The number of nitrogens with zero attached hydrogens (tertiary/aromatic N) is 2. The van der Waals surface area contributed by atoms with Crippen molar-refractivity contribution in [1.82, 2.24) is 5.32 Å². The van der Waals surface area contributed by atoms with E-state index in [9.17, 15) is 0 Å². The molecule has 4 heteroatoms. The lowest BCUT2D eigenvalue weighted by Crippen LogP contribution is -2.33. The van der Waals surface area contributed by atoms with E-state index >= 15 is 0 Å². The van der Waals surface area contributed by atoms with Gasteiger partial charge in [0.1, 0.15) is 12.0 Å². The Bertz CT molecular complexity index is 2920. The summed E-state index contributed by atoms with van der Waals surface area (Å²) in [5, 5.41) is 11.4. The Kier molecular flexibility index (Phi) is 6.18. The molecule has 3 nitrogen and oxygen atoms in total. The highest BCUT2D eigenvalue weighted by Gasteiger charge is 2.28. The third kappa shape index (κ3) is 4.37. The van der Waals surface area contributed by atoms with Gasteiger partial charge in [-0.15, -0.1) is 11.3 Å². The molecule has 0 bridgehead atoms. The minimum atomic E-state index is -0.319. The van der Waals surface area contributed by atoms with Gasteiger partial charge in [-0.1, -0.05) is 158 Å². The Hall–Kier alpha value is -6.36. The van der Waals surface area contributed by atoms with E-state index in [0.29, 0.717) is 0 Å². The van der Waals surface area contributed by atoms with Gasteiger partial charge >= 0.3 is 0 Å². The first-order valence-corrected chi connectivity index (χ1v) is 18.2. The fourth-order valence-corrected chi connectivity index (χ4v) is 9.47.